The maximum absolute atomic E-state index is 8.74. The number of aliphatic hydroxyl groups is 1. The van der Waals surface area contributed by atoms with E-state index in [1.165, 1.54) is 0 Å². The van der Waals surface area contributed by atoms with E-state index in [-0.39, 0.29) is 12.5 Å². The van der Waals surface area contributed by atoms with Gasteiger partial charge in [-0.15, -0.1) is 0 Å². The third-order valence-corrected chi connectivity index (χ3v) is 2.26. The molecule has 1 saturated heterocycles. The summed E-state index contributed by atoms with van der Waals surface area (Å²) in [5.74, 6) is -0.200. The first kappa shape index (κ1) is 9.50. The topological polar surface area (TPSA) is 53.2 Å². The fourth-order valence-electron chi connectivity index (χ4n) is 1.46. The van der Waals surface area contributed by atoms with E-state index in [1.54, 1.807) is 0 Å². The molecule has 0 aromatic heterocycles. The Hall–Kier alpha value is -0.590. The lowest BCUT2D eigenvalue weighted by Gasteiger charge is -2.10. The highest BCUT2D eigenvalue weighted by atomic mass is 16.5. The summed E-state index contributed by atoms with van der Waals surface area (Å²) in [5, 5.41) is 17.3. The Labute approximate surface area is 73.0 Å². The lowest BCUT2D eigenvalue weighted by molar-refractivity contribution is 0.0970. The molecule has 0 spiro atoms. The minimum atomic E-state index is -0.200. The first-order chi connectivity index (χ1) is 5.86. The van der Waals surface area contributed by atoms with Crippen LogP contribution >= 0.6 is 0 Å². The molecule has 1 heterocycles. The molecular weight excluding hydrogens is 154 g/mol. The predicted molar refractivity (Wildman–Crippen MR) is 44.4 cm³/mol. The van der Waals surface area contributed by atoms with E-state index in [0.717, 1.165) is 32.3 Å². The number of nitriles is 1. The first-order valence-electron chi connectivity index (χ1n) is 4.49. The molecule has 3 heteroatoms. The van der Waals surface area contributed by atoms with Crippen LogP contribution in [-0.2, 0) is 4.74 Å². The summed E-state index contributed by atoms with van der Waals surface area (Å²) in [6.07, 6.45) is 4.27. The van der Waals surface area contributed by atoms with E-state index in [4.69, 9.17) is 15.1 Å². The van der Waals surface area contributed by atoms with Crippen LogP contribution in [0.3, 0.4) is 0 Å². The number of ether oxygens (including phenoxy) is 1. The van der Waals surface area contributed by atoms with E-state index >= 15 is 0 Å². The van der Waals surface area contributed by atoms with Gasteiger partial charge in [0.05, 0.1) is 24.7 Å². The number of aliphatic hydroxyl groups excluding tert-OH is 1. The van der Waals surface area contributed by atoms with Crippen LogP contribution < -0.4 is 0 Å². The Morgan fingerprint density at radius 3 is 3.00 bits per heavy atom. The molecular formula is C9H15NO2. The van der Waals surface area contributed by atoms with Crippen LogP contribution in [0.2, 0.25) is 0 Å². The molecule has 1 fully saturated rings. The molecule has 1 N–H and O–H groups in total. The quantitative estimate of drug-likeness (QED) is 0.685. The van der Waals surface area contributed by atoms with Crippen molar-refractivity contribution in [1.29, 1.82) is 5.26 Å². The van der Waals surface area contributed by atoms with E-state index in [0.29, 0.717) is 6.10 Å². The molecule has 12 heavy (non-hydrogen) atoms. The summed E-state index contributed by atoms with van der Waals surface area (Å²) >= 11 is 0. The third kappa shape index (κ3) is 2.80. The number of rotatable bonds is 4. The molecule has 0 aromatic carbocycles. The monoisotopic (exact) mass is 169 g/mol. The summed E-state index contributed by atoms with van der Waals surface area (Å²) in [5.41, 5.74) is 0. The van der Waals surface area contributed by atoms with Gasteiger partial charge in [0.15, 0.2) is 0 Å². The van der Waals surface area contributed by atoms with E-state index in [2.05, 4.69) is 6.07 Å². The molecule has 0 saturated carbocycles. The van der Waals surface area contributed by atoms with Gasteiger partial charge < -0.3 is 9.84 Å². The molecule has 3 nitrogen and oxygen atoms in total. The van der Waals surface area contributed by atoms with Crippen LogP contribution in [-0.4, -0.2) is 24.4 Å². The van der Waals surface area contributed by atoms with Gasteiger partial charge >= 0.3 is 0 Å². The van der Waals surface area contributed by atoms with Gasteiger partial charge in [0.1, 0.15) is 0 Å². The van der Waals surface area contributed by atoms with Gasteiger partial charge in [0.25, 0.3) is 0 Å². The molecule has 1 rings (SSSR count). The van der Waals surface area contributed by atoms with Gasteiger partial charge in [-0.1, -0.05) is 0 Å². The van der Waals surface area contributed by atoms with Crippen molar-refractivity contribution in [2.24, 2.45) is 5.92 Å². The van der Waals surface area contributed by atoms with Gasteiger partial charge in [-0.2, -0.15) is 5.26 Å². The van der Waals surface area contributed by atoms with Crippen molar-refractivity contribution in [2.45, 2.75) is 31.8 Å². The highest BCUT2D eigenvalue weighted by molar-refractivity contribution is 4.82. The fraction of sp³-hybridized carbons (Fsp3) is 0.889. The molecule has 0 aliphatic carbocycles. The maximum atomic E-state index is 8.74. The summed E-state index contributed by atoms with van der Waals surface area (Å²) in [6, 6.07) is 2.07. The Kier molecular flexibility index (Phi) is 4.06. The van der Waals surface area contributed by atoms with Crippen LogP contribution in [0.15, 0.2) is 0 Å². The van der Waals surface area contributed by atoms with Crippen molar-refractivity contribution < 1.29 is 9.84 Å². The zero-order valence-corrected chi connectivity index (χ0v) is 7.20. The van der Waals surface area contributed by atoms with E-state index in [1.807, 2.05) is 0 Å². The second-order valence-corrected chi connectivity index (χ2v) is 3.22. The molecule has 0 aromatic rings. The van der Waals surface area contributed by atoms with Crippen LogP contribution in [0.1, 0.15) is 25.7 Å². The molecule has 2 unspecified atom stereocenters. The van der Waals surface area contributed by atoms with Gasteiger partial charge in [0, 0.05) is 6.61 Å². The normalized spacial score (nSPS) is 25.2. The van der Waals surface area contributed by atoms with Crippen molar-refractivity contribution in [3.05, 3.63) is 0 Å². The summed E-state index contributed by atoms with van der Waals surface area (Å²) in [6.45, 7) is 0.838. The lowest BCUT2D eigenvalue weighted by atomic mass is 10.0. The van der Waals surface area contributed by atoms with Crippen molar-refractivity contribution >= 4 is 0 Å². The second kappa shape index (κ2) is 5.13. The molecule has 1 aliphatic rings. The van der Waals surface area contributed by atoms with Crippen LogP contribution in [0.4, 0.5) is 0 Å². The number of hydrogen-bond donors (Lipinski definition) is 1. The van der Waals surface area contributed by atoms with E-state index < -0.39 is 0 Å². The van der Waals surface area contributed by atoms with E-state index in [9.17, 15) is 0 Å². The zero-order chi connectivity index (χ0) is 8.81. The Morgan fingerprint density at radius 1 is 1.67 bits per heavy atom. The smallest absolute Gasteiger partial charge is 0.0695 e. The first-order valence-corrected chi connectivity index (χ1v) is 4.49. The molecule has 1 aliphatic heterocycles. The van der Waals surface area contributed by atoms with Crippen LogP contribution in [0.5, 0.6) is 0 Å². The van der Waals surface area contributed by atoms with Crippen molar-refractivity contribution in [3.63, 3.8) is 0 Å². The van der Waals surface area contributed by atoms with Crippen LogP contribution in [0.25, 0.3) is 0 Å². The average Bonchev–Trinajstić information content (AvgIpc) is 2.59. The highest BCUT2D eigenvalue weighted by Gasteiger charge is 2.17. The van der Waals surface area contributed by atoms with Crippen LogP contribution in [0, 0.1) is 17.2 Å². The van der Waals surface area contributed by atoms with Gasteiger partial charge in [-0.3, -0.25) is 0 Å². The standard InChI is InChI=1S/C9H15NO2/c10-6-8(7-11)3-4-9-2-1-5-12-9/h8-9,11H,1-5,7H2. The number of hydrogen-bond acceptors (Lipinski definition) is 3. The summed E-state index contributed by atoms with van der Waals surface area (Å²) < 4.78 is 5.40. The zero-order valence-electron chi connectivity index (χ0n) is 7.20. The lowest BCUT2D eigenvalue weighted by Crippen LogP contribution is -2.10. The van der Waals surface area contributed by atoms with Crippen molar-refractivity contribution in [1.82, 2.24) is 0 Å². The second-order valence-electron chi connectivity index (χ2n) is 3.22. The largest absolute Gasteiger partial charge is 0.395 e. The third-order valence-electron chi connectivity index (χ3n) is 2.26. The minimum Gasteiger partial charge on any atom is -0.395 e. The highest BCUT2D eigenvalue weighted by Crippen LogP contribution is 2.19. The molecule has 68 valence electrons. The Balaban J connectivity index is 2.11. The fourth-order valence-corrected chi connectivity index (χ4v) is 1.46. The SMILES string of the molecule is N#CC(CO)CCC1CCCO1. The minimum absolute atomic E-state index is 0.0246. The summed E-state index contributed by atoms with van der Waals surface area (Å²) in [4.78, 5) is 0. The predicted octanol–water partition coefficient (Wildman–Crippen LogP) is 1.08. The molecule has 0 bridgehead atoms. The van der Waals surface area contributed by atoms with Gasteiger partial charge in [0.2, 0.25) is 0 Å². The molecule has 0 amide bonds. The Bertz CT molecular complexity index is 158. The number of nitrogens with zero attached hydrogens (tertiary/aromatic N) is 1. The molecule has 2 atom stereocenters. The maximum Gasteiger partial charge on any atom is 0.0695 e. The average molecular weight is 169 g/mol. The van der Waals surface area contributed by atoms with Gasteiger partial charge in [-0.25, -0.2) is 0 Å². The van der Waals surface area contributed by atoms with Gasteiger partial charge in [-0.05, 0) is 25.7 Å². The Morgan fingerprint density at radius 2 is 2.50 bits per heavy atom. The van der Waals surface area contributed by atoms with Crippen molar-refractivity contribution in [3.8, 4) is 6.07 Å². The summed E-state index contributed by atoms with van der Waals surface area (Å²) in [7, 11) is 0. The van der Waals surface area contributed by atoms with Crippen molar-refractivity contribution in [2.75, 3.05) is 13.2 Å². The molecule has 0 radical (unpaired) electrons.